The number of primary amides is 1. The predicted octanol–water partition coefficient (Wildman–Crippen LogP) is 0.00110. The van der Waals surface area contributed by atoms with Crippen LogP contribution in [0.3, 0.4) is 0 Å². The van der Waals surface area contributed by atoms with E-state index in [0.717, 1.165) is 30.9 Å². The first kappa shape index (κ1) is 14.0. The summed E-state index contributed by atoms with van der Waals surface area (Å²) in [6, 6.07) is 7.52. The number of carbonyl (C=O) groups excluding carboxylic acids is 1. The number of hydrogen-bond donors (Lipinski definition) is 3. The SMILES string of the molecule is NC(=O)COc1ccc(CNCCc2ncn[nH]2)cc1. The molecule has 0 saturated heterocycles. The molecule has 0 aliphatic heterocycles. The first-order valence-electron chi connectivity index (χ1n) is 6.29. The topological polar surface area (TPSA) is 106 Å². The lowest BCUT2D eigenvalue weighted by molar-refractivity contribution is -0.119. The van der Waals surface area contributed by atoms with Gasteiger partial charge in [0.1, 0.15) is 17.9 Å². The molecule has 106 valence electrons. The van der Waals surface area contributed by atoms with E-state index in [-0.39, 0.29) is 6.61 Å². The minimum absolute atomic E-state index is 0.102. The minimum atomic E-state index is -0.483. The van der Waals surface area contributed by atoms with Gasteiger partial charge in [-0.1, -0.05) is 12.1 Å². The van der Waals surface area contributed by atoms with E-state index in [1.807, 2.05) is 24.3 Å². The zero-order valence-corrected chi connectivity index (χ0v) is 11.0. The standard InChI is InChI=1S/C13H17N5O2/c14-12(19)8-20-11-3-1-10(2-4-11)7-15-6-5-13-16-9-17-18-13/h1-4,9,15H,5-8H2,(H2,14,19)(H,16,17,18). The highest BCUT2D eigenvalue weighted by Gasteiger charge is 1.99. The highest BCUT2D eigenvalue weighted by Crippen LogP contribution is 2.11. The van der Waals surface area contributed by atoms with Crippen LogP contribution in [-0.4, -0.2) is 34.2 Å². The quantitative estimate of drug-likeness (QED) is 0.588. The van der Waals surface area contributed by atoms with Gasteiger partial charge in [-0.3, -0.25) is 9.89 Å². The van der Waals surface area contributed by atoms with Gasteiger partial charge in [0.25, 0.3) is 5.91 Å². The van der Waals surface area contributed by atoms with Gasteiger partial charge >= 0.3 is 0 Å². The number of H-pyrrole nitrogens is 1. The number of carbonyl (C=O) groups is 1. The molecular weight excluding hydrogens is 258 g/mol. The fourth-order valence-electron chi connectivity index (χ4n) is 1.65. The molecule has 0 aliphatic rings. The van der Waals surface area contributed by atoms with Crippen molar-refractivity contribution in [3.8, 4) is 5.75 Å². The summed E-state index contributed by atoms with van der Waals surface area (Å²) in [5.74, 6) is 1.02. The third-order valence-electron chi connectivity index (χ3n) is 2.64. The zero-order valence-electron chi connectivity index (χ0n) is 11.0. The summed E-state index contributed by atoms with van der Waals surface area (Å²) in [6.45, 7) is 1.47. The molecule has 7 nitrogen and oxygen atoms in total. The molecule has 0 fully saturated rings. The lowest BCUT2D eigenvalue weighted by atomic mass is 10.2. The number of aromatic amines is 1. The fourth-order valence-corrected chi connectivity index (χ4v) is 1.65. The molecule has 1 heterocycles. The average molecular weight is 275 g/mol. The molecule has 1 aromatic heterocycles. The van der Waals surface area contributed by atoms with Crippen molar-refractivity contribution in [1.82, 2.24) is 20.5 Å². The summed E-state index contributed by atoms with van der Waals surface area (Å²) in [5.41, 5.74) is 6.14. The third-order valence-corrected chi connectivity index (χ3v) is 2.64. The van der Waals surface area contributed by atoms with Crippen molar-refractivity contribution in [2.45, 2.75) is 13.0 Å². The van der Waals surface area contributed by atoms with E-state index in [1.165, 1.54) is 6.33 Å². The van der Waals surface area contributed by atoms with Gasteiger partial charge in [-0.15, -0.1) is 0 Å². The first-order valence-corrected chi connectivity index (χ1v) is 6.29. The summed E-state index contributed by atoms with van der Waals surface area (Å²) >= 11 is 0. The number of nitrogens with two attached hydrogens (primary N) is 1. The van der Waals surface area contributed by atoms with Crippen molar-refractivity contribution in [3.05, 3.63) is 42.0 Å². The number of amides is 1. The number of aromatic nitrogens is 3. The van der Waals surface area contributed by atoms with Crippen molar-refractivity contribution < 1.29 is 9.53 Å². The monoisotopic (exact) mass is 275 g/mol. The van der Waals surface area contributed by atoms with Crippen LogP contribution < -0.4 is 15.8 Å². The van der Waals surface area contributed by atoms with Gasteiger partial charge in [0.05, 0.1) is 0 Å². The van der Waals surface area contributed by atoms with Crippen molar-refractivity contribution in [3.63, 3.8) is 0 Å². The highest BCUT2D eigenvalue weighted by molar-refractivity contribution is 5.75. The highest BCUT2D eigenvalue weighted by atomic mass is 16.5. The Morgan fingerprint density at radius 1 is 1.35 bits per heavy atom. The smallest absolute Gasteiger partial charge is 0.255 e. The minimum Gasteiger partial charge on any atom is -0.484 e. The fraction of sp³-hybridized carbons (Fsp3) is 0.308. The molecule has 0 atom stereocenters. The summed E-state index contributed by atoms with van der Waals surface area (Å²) in [7, 11) is 0. The van der Waals surface area contributed by atoms with Gasteiger partial charge in [-0.2, -0.15) is 5.10 Å². The maximum atomic E-state index is 10.6. The van der Waals surface area contributed by atoms with Gasteiger partial charge in [0.15, 0.2) is 6.61 Å². The van der Waals surface area contributed by atoms with Crippen LogP contribution in [0.15, 0.2) is 30.6 Å². The maximum Gasteiger partial charge on any atom is 0.255 e. The number of nitrogens with zero attached hydrogens (tertiary/aromatic N) is 2. The van der Waals surface area contributed by atoms with Gasteiger partial charge < -0.3 is 15.8 Å². The van der Waals surface area contributed by atoms with Crippen LogP contribution in [0.1, 0.15) is 11.4 Å². The van der Waals surface area contributed by atoms with Crippen LogP contribution in [0.5, 0.6) is 5.75 Å². The molecule has 0 bridgehead atoms. The normalized spacial score (nSPS) is 10.4. The molecule has 0 unspecified atom stereocenters. The lowest BCUT2D eigenvalue weighted by Crippen LogP contribution is -2.20. The maximum absolute atomic E-state index is 10.6. The summed E-state index contributed by atoms with van der Waals surface area (Å²) < 4.78 is 5.18. The predicted molar refractivity (Wildman–Crippen MR) is 72.9 cm³/mol. The Bertz CT molecular complexity index is 524. The molecule has 2 aromatic rings. The van der Waals surface area contributed by atoms with E-state index in [4.69, 9.17) is 10.5 Å². The van der Waals surface area contributed by atoms with E-state index in [1.54, 1.807) is 0 Å². The van der Waals surface area contributed by atoms with Crippen LogP contribution >= 0.6 is 0 Å². The van der Waals surface area contributed by atoms with Crippen LogP contribution in [-0.2, 0) is 17.8 Å². The second kappa shape index (κ2) is 7.25. The van der Waals surface area contributed by atoms with E-state index in [9.17, 15) is 4.79 Å². The molecular formula is C13H17N5O2. The van der Waals surface area contributed by atoms with Gasteiger partial charge in [-0.05, 0) is 17.7 Å². The van der Waals surface area contributed by atoms with Crippen LogP contribution in [0.4, 0.5) is 0 Å². The Hall–Kier alpha value is -2.41. The second-order valence-corrected chi connectivity index (χ2v) is 4.26. The number of benzene rings is 1. The van der Waals surface area contributed by atoms with E-state index < -0.39 is 5.91 Å². The molecule has 20 heavy (non-hydrogen) atoms. The van der Waals surface area contributed by atoms with Crippen LogP contribution in [0.25, 0.3) is 0 Å². The molecule has 0 radical (unpaired) electrons. The number of ether oxygens (including phenoxy) is 1. The van der Waals surface area contributed by atoms with Crippen molar-refractivity contribution in [2.24, 2.45) is 5.73 Å². The molecule has 4 N–H and O–H groups in total. The van der Waals surface area contributed by atoms with E-state index in [2.05, 4.69) is 20.5 Å². The Kier molecular flexibility index (Phi) is 5.08. The molecule has 1 aromatic carbocycles. The molecule has 0 aliphatic carbocycles. The van der Waals surface area contributed by atoms with Gasteiger partial charge in [-0.25, -0.2) is 4.98 Å². The van der Waals surface area contributed by atoms with Crippen LogP contribution in [0.2, 0.25) is 0 Å². The van der Waals surface area contributed by atoms with E-state index in [0.29, 0.717) is 5.75 Å². The molecule has 0 saturated carbocycles. The van der Waals surface area contributed by atoms with Crippen molar-refractivity contribution >= 4 is 5.91 Å². The van der Waals surface area contributed by atoms with Crippen LogP contribution in [0, 0.1) is 0 Å². The Morgan fingerprint density at radius 2 is 2.15 bits per heavy atom. The molecule has 0 spiro atoms. The molecule has 2 rings (SSSR count). The average Bonchev–Trinajstić information content (AvgIpc) is 2.96. The first-order chi connectivity index (χ1) is 9.74. The van der Waals surface area contributed by atoms with Crippen molar-refractivity contribution in [1.29, 1.82) is 0 Å². The summed E-state index contributed by atoms with van der Waals surface area (Å²) in [5, 5.41) is 9.91. The van der Waals surface area contributed by atoms with Crippen molar-refractivity contribution in [2.75, 3.05) is 13.2 Å². The lowest BCUT2D eigenvalue weighted by Gasteiger charge is -2.06. The summed E-state index contributed by atoms with van der Waals surface area (Å²) in [6.07, 6.45) is 2.31. The van der Waals surface area contributed by atoms with Gasteiger partial charge in [0, 0.05) is 19.5 Å². The number of hydrogen-bond acceptors (Lipinski definition) is 5. The Labute approximate surface area is 116 Å². The third kappa shape index (κ3) is 4.69. The van der Waals surface area contributed by atoms with Gasteiger partial charge in [0.2, 0.25) is 0 Å². The second-order valence-electron chi connectivity index (χ2n) is 4.26. The Morgan fingerprint density at radius 3 is 2.80 bits per heavy atom. The molecule has 7 heteroatoms. The van der Waals surface area contributed by atoms with E-state index >= 15 is 0 Å². The summed E-state index contributed by atoms with van der Waals surface area (Å²) in [4.78, 5) is 14.6. The number of rotatable bonds is 8. The number of nitrogens with one attached hydrogen (secondary N) is 2. The molecule has 1 amide bonds. The largest absolute Gasteiger partial charge is 0.484 e. The zero-order chi connectivity index (χ0) is 14.2. The Balaban J connectivity index is 1.69.